The van der Waals surface area contributed by atoms with E-state index in [9.17, 15) is 0 Å². The third kappa shape index (κ3) is 3.88. The second-order valence-corrected chi connectivity index (χ2v) is 9.94. The number of nitrogens with one attached hydrogen (secondary N) is 1. The van der Waals surface area contributed by atoms with Gasteiger partial charge in [-0.05, 0) is 54.0 Å². The average molecular weight is 541 g/mol. The fourth-order valence-corrected chi connectivity index (χ4v) is 5.13. The summed E-state index contributed by atoms with van der Waals surface area (Å²) in [6.45, 7) is 4.10. The summed E-state index contributed by atoms with van der Waals surface area (Å²) < 4.78 is 27.8. The maximum absolute atomic E-state index is 6.46. The molecule has 0 spiro atoms. The number of nitrogens with zero attached hydrogens (tertiary/aromatic N) is 4. The molecule has 4 aromatic rings. The predicted octanol–water partition coefficient (Wildman–Crippen LogP) is 3.86. The molecular formula is C24H25BrN6O4. The molecule has 2 aliphatic heterocycles. The van der Waals surface area contributed by atoms with Crippen LogP contribution < -0.4 is 15.8 Å². The van der Waals surface area contributed by atoms with Gasteiger partial charge in [-0.25, -0.2) is 15.0 Å². The van der Waals surface area contributed by atoms with Gasteiger partial charge < -0.3 is 34.6 Å². The third-order valence-electron chi connectivity index (χ3n) is 6.33. The third-order valence-corrected chi connectivity index (χ3v) is 6.96. The Labute approximate surface area is 209 Å². The summed E-state index contributed by atoms with van der Waals surface area (Å²) in [6, 6.07) is 9.63. The number of fused-ring (bicyclic) bond motifs is 3. The van der Waals surface area contributed by atoms with E-state index < -0.39 is 12.0 Å². The van der Waals surface area contributed by atoms with E-state index in [1.165, 1.54) is 6.33 Å². The molecule has 3 aromatic heterocycles. The second-order valence-electron chi connectivity index (χ2n) is 9.08. The van der Waals surface area contributed by atoms with Crippen molar-refractivity contribution in [1.29, 1.82) is 0 Å². The van der Waals surface area contributed by atoms with Crippen LogP contribution in [-0.2, 0) is 14.2 Å². The van der Waals surface area contributed by atoms with Crippen LogP contribution in [0.15, 0.2) is 47.3 Å². The molecule has 4 atom stereocenters. The quantitative estimate of drug-likeness (QED) is 0.388. The molecule has 0 amide bonds. The molecule has 10 nitrogen and oxygen atoms in total. The largest absolute Gasteiger partial charge is 0.491 e. The Morgan fingerprint density at radius 1 is 1.17 bits per heavy atom. The number of rotatable bonds is 5. The van der Waals surface area contributed by atoms with Crippen LogP contribution in [0.1, 0.15) is 20.1 Å². The summed E-state index contributed by atoms with van der Waals surface area (Å²) in [5, 5.41) is 4.97. The number of anilines is 2. The standard InChI is InChI=1S/C24H25BrN6O4/c1-24(2)34-18-17(10-32-13-5-4-12-8-15(25)20(26)30-16(12)9-13)33-23(19(18)35-24)31-7-6-14-21(27-3)28-11-29-22(14)31/h4-9,11,17-19,23H,10H2,1-3H3,(H2,26,30)(H,27,28,29)/t17-,18-,19-,23-/m1/s1. The molecular weight excluding hydrogens is 516 g/mol. The zero-order valence-corrected chi connectivity index (χ0v) is 21.0. The highest BCUT2D eigenvalue weighted by Gasteiger charge is 2.56. The Balaban J connectivity index is 1.27. The van der Waals surface area contributed by atoms with E-state index in [0.717, 1.165) is 32.2 Å². The molecule has 6 rings (SSSR count). The molecule has 2 aliphatic rings. The predicted molar refractivity (Wildman–Crippen MR) is 134 cm³/mol. The fourth-order valence-electron chi connectivity index (χ4n) is 4.80. The number of halogens is 1. The smallest absolute Gasteiger partial charge is 0.164 e. The summed E-state index contributed by atoms with van der Waals surface area (Å²) in [5.41, 5.74) is 7.46. The zero-order chi connectivity index (χ0) is 24.3. The van der Waals surface area contributed by atoms with Crippen molar-refractivity contribution in [3.63, 3.8) is 0 Å². The zero-order valence-electron chi connectivity index (χ0n) is 19.4. The molecule has 2 fully saturated rings. The monoisotopic (exact) mass is 540 g/mol. The van der Waals surface area contributed by atoms with Crippen molar-refractivity contribution in [3.8, 4) is 5.75 Å². The molecule has 182 valence electrons. The van der Waals surface area contributed by atoms with E-state index in [4.69, 9.17) is 24.7 Å². The van der Waals surface area contributed by atoms with Crippen molar-refractivity contribution in [2.75, 3.05) is 24.7 Å². The number of pyridine rings is 1. The van der Waals surface area contributed by atoms with Crippen molar-refractivity contribution in [3.05, 3.63) is 47.3 Å². The van der Waals surface area contributed by atoms with Gasteiger partial charge in [0.2, 0.25) is 0 Å². The van der Waals surface area contributed by atoms with Crippen molar-refractivity contribution >= 4 is 49.5 Å². The average Bonchev–Trinajstić information content (AvgIpc) is 3.49. The molecule has 5 heterocycles. The van der Waals surface area contributed by atoms with Gasteiger partial charge in [0.1, 0.15) is 54.3 Å². The normalized spacial score (nSPS) is 25.3. The Morgan fingerprint density at radius 3 is 2.83 bits per heavy atom. The lowest BCUT2D eigenvalue weighted by atomic mass is 10.1. The van der Waals surface area contributed by atoms with Gasteiger partial charge in [-0.15, -0.1) is 0 Å². The molecule has 1 aromatic carbocycles. The molecule has 0 saturated carbocycles. The summed E-state index contributed by atoms with van der Waals surface area (Å²) in [7, 11) is 1.83. The Hall–Kier alpha value is -2.99. The highest BCUT2D eigenvalue weighted by molar-refractivity contribution is 9.10. The van der Waals surface area contributed by atoms with Gasteiger partial charge >= 0.3 is 0 Å². The van der Waals surface area contributed by atoms with E-state index in [1.807, 2.05) is 62.0 Å². The lowest BCUT2D eigenvalue weighted by Gasteiger charge is -2.25. The van der Waals surface area contributed by atoms with Crippen LogP contribution in [0.2, 0.25) is 0 Å². The summed E-state index contributed by atoms with van der Waals surface area (Å²) >= 11 is 3.42. The van der Waals surface area contributed by atoms with Gasteiger partial charge in [0.05, 0.1) is 15.4 Å². The first-order valence-electron chi connectivity index (χ1n) is 11.3. The van der Waals surface area contributed by atoms with Crippen molar-refractivity contribution in [2.24, 2.45) is 0 Å². The van der Waals surface area contributed by atoms with Crippen LogP contribution in [0.5, 0.6) is 5.75 Å². The van der Waals surface area contributed by atoms with E-state index in [-0.39, 0.29) is 24.9 Å². The van der Waals surface area contributed by atoms with Gasteiger partial charge in [-0.3, -0.25) is 0 Å². The molecule has 2 saturated heterocycles. The van der Waals surface area contributed by atoms with Crippen LogP contribution in [0.25, 0.3) is 21.9 Å². The van der Waals surface area contributed by atoms with E-state index in [1.54, 1.807) is 0 Å². The van der Waals surface area contributed by atoms with Crippen molar-refractivity contribution in [1.82, 2.24) is 19.5 Å². The van der Waals surface area contributed by atoms with Gasteiger partial charge in [0, 0.05) is 24.7 Å². The molecule has 0 bridgehead atoms. The summed E-state index contributed by atoms with van der Waals surface area (Å²) in [6.07, 6.45) is 2.07. The second kappa shape index (κ2) is 8.30. The van der Waals surface area contributed by atoms with E-state index in [0.29, 0.717) is 11.6 Å². The van der Waals surface area contributed by atoms with Crippen LogP contribution in [0, 0.1) is 0 Å². The molecule has 0 aliphatic carbocycles. The molecule has 11 heteroatoms. The van der Waals surface area contributed by atoms with Gasteiger partial charge in [-0.1, -0.05) is 0 Å². The SMILES string of the molecule is CNc1ncnc2c1ccn2[C@@H]1O[C@H](COc2ccc3cc(Br)c(N)nc3c2)[C@H]2OC(C)(C)O[C@H]21. The Kier molecular flexibility index (Phi) is 5.33. The Morgan fingerprint density at radius 2 is 2.00 bits per heavy atom. The maximum Gasteiger partial charge on any atom is 0.164 e. The fraction of sp³-hybridized carbons (Fsp3) is 0.375. The minimum absolute atomic E-state index is 0.282. The first kappa shape index (κ1) is 22.5. The highest BCUT2D eigenvalue weighted by Crippen LogP contribution is 2.44. The lowest BCUT2D eigenvalue weighted by Crippen LogP contribution is -2.33. The van der Waals surface area contributed by atoms with Gasteiger partial charge in [0.25, 0.3) is 0 Å². The first-order chi connectivity index (χ1) is 16.8. The minimum Gasteiger partial charge on any atom is -0.491 e. The molecule has 0 unspecified atom stereocenters. The number of hydrogen-bond acceptors (Lipinski definition) is 9. The first-order valence-corrected chi connectivity index (χ1v) is 12.1. The van der Waals surface area contributed by atoms with Gasteiger partial charge in [-0.2, -0.15) is 0 Å². The molecule has 0 radical (unpaired) electrons. The van der Waals surface area contributed by atoms with Crippen LogP contribution in [0.4, 0.5) is 11.6 Å². The number of nitrogen functional groups attached to an aromatic ring is 1. The van der Waals surface area contributed by atoms with Crippen molar-refractivity contribution < 1.29 is 18.9 Å². The number of ether oxygens (including phenoxy) is 4. The van der Waals surface area contributed by atoms with E-state index in [2.05, 4.69) is 36.2 Å². The number of benzene rings is 1. The molecule has 3 N–H and O–H groups in total. The maximum atomic E-state index is 6.46. The van der Waals surface area contributed by atoms with E-state index >= 15 is 0 Å². The summed E-state index contributed by atoms with van der Waals surface area (Å²) in [5.74, 6) is 1.12. The van der Waals surface area contributed by atoms with Crippen molar-refractivity contribution in [2.45, 2.75) is 44.2 Å². The number of nitrogens with two attached hydrogens (primary N) is 1. The number of hydrogen-bond donors (Lipinski definition) is 2. The van der Waals surface area contributed by atoms with Crippen LogP contribution in [0.3, 0.4) is 0 Å². The topological polar surface area (TPSA) is 119 Å². The summed E-state index contributed by atoms with van der Waals surface area (Å²) in [4.78, 5) is 13.2. The van der Waals surface area contributed by atoms with Crippen LogP contribution >= 0.6 is 15.9 Å². The van der Waals surface area contributed by atoms with Gasteiger partial charge in [0.15, 0.2) is 12.0 Å². The Bertz CT molecular complexity index is 1430. The number of aromatic nitrogens is 4. The highest BCUT2D eigenvalue weighted by atomic mass is 79.9. The minimum atomic E-state index is -0.735. The molecule has 35 heavy (non-hydrogen) atoms. The van der Waals surface area contributed by atoms with Crippen LogP contribution in [-0.4, -0.2) is 57.3 Å². The lowest BCUT2D eigenvalue weighted by molar-refractivity contribution is -0.198.